The summed E-state index contributed by atoms with van der Waals surface area (Å²) in [5, 5.41) is 3.44. The Labute approximate surface area is 139 Å². The Morgan fingerprint density at radius 1 is 1.09 bits per heavy atom. The number of nitrogens with one attached hydrogen (secondary N) is 1. The molecule has 1 aromatic heterocycles. The van der Waals surface area contributed by atoms with Crippen LogP contribution in [0.3, 0.4) is 0 Å². The van der Waals surface area contributed by atoms with Crippen molar-refractivity contribution in [2.45, 2.75) is 46.0 Å². The Bertz CT molecular complexity index is 646. The zero-order valence-corrected chi connectivity index (χ0v) is 14.2. The van der Waals surface area contributed by atoms with Crippen LogP contribution in [0, 0.1) is 6.92 Å². The second-order valence-electron chi connectivity index (χ2n) is 6.23. The molecule has 3 rings (SSSR count). The van der Waals surface area contributed by atoms with Crippen LogP contribution in [-0.2, 0) is 6.42 Å². The molecular formula is C19H26N4. The number of rotatable bonds is 4. The number of benzene rings is 1. The summed E-state index contributed by atoms with van der Waals surface area (Å²) in [6, 6.07) is 8.41. The van der Waals surface area contributed by atoms with Crippen LogP contribution in [0.5, 0.6) is 0 Å². The predicted octanol–water partition coefficient (Wildman–Crippen LogP) is 4.47. The molecule has 0 spiro atoms. The first-order valence-electron chi connectivity index (χ1n) is 8.71. The van der Waals surface area contributed by atoms with Gasteiger partial charge in [-0.3, -0.25) is 0 Å². The molecule has 1 aliphatic heterocycles. The lowest BCUT2D eigenvalue weighted by Gasteiger charge is -2.22. The van der Waals surface area contributed by atoms with Gasteiger partial charge >= 0.3 is 0 Å². The fourth-order valence-corrected chi connectivity index (χ4v) is 3.20. The molecule has 1 fully saturated rings. The Morgan fingerprint density at radius 3 is 2.61 bits per heavy atom. The van der Waals surface area contributed by atoms with Crippen molar-refractivity contribution in [2.24, 2.45) is 0 Å². The van der Waals surface area contributed by atoms with Crippen molar-refractivity contribution in [1.29, 1.82) is 0 Å². The molecule has 1 N–H and O–H groups in total. The molecule has 122 valence electrons. The van der Waals surface area contributed by atoms with E-state index in [1.807, 2.05) is 12.3 Å². The van der Waals surface area contributed by atoms with Crippen LogP contribution < -0.4 is 10.2 Å². The van der Waals surface area contributed by atoms with Gasteiger partial charge in [0.15, 0.2) is 0 Å². The zero-order chi connectivity index (χ0) is 16.1. The van der Waals surface area contributed by atoms with Gasteiger partial charge in [-0.15, -0.1) is 0 Å². The summed E-state index contributed by atoms with van der Waals surface area (Å²) < 4.78 is 0. The largest absolute Gasteiger partial charge is 0.356 e. The molecule has 0 aliphatic carbocycles. The number of nitrogens with zero attached hydrogens (tertiary/aromatic N) is 3. The molecule has 0 amide bonds. The smallest absolute Gasteiger partial charge is 0.229 e. The molecule has 1 saturated heterocycles. The van der Waals surface area contributed by atoms with Crippen molar-refractivity contribution in [2.75, 3.05) is 23.3 Å². The average molecular weight is 310 g/mol. The van der Waals surface area contributed by atoms with Crippen LogP contribution in [0.2, 0.25) is 0 Å². The summed E-state index contributed by atoms with van der Waals surface area (Å²) in [7, 11) is 0. The van der Waals surface area contributed by atoms with Crippen molar-refractivity contribution >= 4 is 17.5 Å². The minimum absolute atomic E-state index is 0.691. The van der Waals surface area contributed by atoms with Crippen LogP contribution in [0.15, 0.2) is 30.5 Å². The van der Waals surface area contributed by atoms with Gasteiger partial charge in [-0.05, 0) is 43.4 Å². The summed E-state index contributed by atoms with van der Waals surface area (Å²) in [5.41, 5.74) is 3.67. The van der Waals surface area contributed by atoms with Gasteiger partial charge in [0.25, 0.3) is 0 Å². The Balaban J connectivity index is 1.83. The van der Waals surface area contributed by atoms with E-state index >= 15 is 0 Å². The van der Waals surface area contributed by atoms with E-state index in [1.54, 1.807) is 0 Å². The maximum Gasteiger partial charge on any atom is 0.229 e. The van der Waals surface area contributed by atoms with Gasteiger partial charge in [-0.1, -0.05) is 38.0 Å². The third kappa shape index (κ3) is 3.81. The molecule has 2 aromatic rings. The van der Waals surface area contributed by atoms with Gasteiger partial charge < -0.3 is 10.2 Å². The number of anilines is 3. The van der Waals surface area contributed by atoms with E-state index in [0.717, 1.165) is 31.0 Å². The lowest BCUT2D eigenvalue weighted by molar-refractivity contribution is 0.726. The molecule has 1 aromatic carbocycles. The predicted molar refractivity (Wildman–Crippen MR) is 96.6 cm³/mol. The first-order valence-corrected chi connectivity index (χ1v) is 8.71. The van der Waals surface area contributed by atoms with Crippen LogP contribution in [0.1, 0.15) is 43.7 Å². The second kappa shape index (κ2) is 7.44. The molecule has 2 heterocycles. The monoisotopic (exact) mass is 310 g/mol. The Morgan fingerprint density at radius 2 is 1.87 bits per heavy atom. The zero-order valence-electron chi connectivity index (χ0n) is 14.2. The van der Waals surface area contributed by atoms with Gasteiger partial charge in [0.05, 0.1) is 0 Å². The summed E-state index contributed by atoms with van der Waals surface area (Å²) in [4.78, 5) is 11.6. The van der Waals surface area contributed by atoms with Crippen molar-refractivity contribution in [1.82, 2.24) is 9.97 Å². The first-order chi connectivity index (χ1) is 11.3. The molecule has 1 aliphatic rings. The first kappa shape index (κ1) is 15.8. The summed E-state index contributed by atoms with van der Waals surface area (Å²) in [6.45, 7) is 6.50. The molecule has 0 atom stereocenters. The lowest BCUT2D eigenvalue weighted by atomic mass is 10.1. The van der Waals surface area contributed by atoms with Gasteiger partial charge in [0.2, 0.25) is 5.95 Å². The number of para-hydroxylation sites is 1. The highest BCUT2D eigenvalue weighted by molar-refractivity contribution is 5.63. The molecule has 4 heteroatoms. The van der Waals surface area contributed by atoms with E-state index in [-0.39, 0.29) is 0 Å². The number of hydrogen-bond acceptors (Lipinski definition) is 4. The highest BCUT2D eigenvalue weighted by Crippen LogP contribution is 2.25. The van der Waals surface area contributed by atoms with Crippen molar-refractivity contribution in [3.8, 4) is 0 Å². The van der Waals surface area contributed by atoms with Crippen molar-refractivity contribution < 1.29 is 0 Å². The molecule has 4 nitrogen and oxygen atoms in total. The maximum absolute atomic E-state index is 4.75. The molecule has 0 saturated carbocycles. The quantitative estimate of drug-likeness (QED) is 0.904. The van der Waals surface area contributed by atoms with E-state index in [1.165, 1.54) is 36.8 Å². The summed E-state index contributed by atoms with van der Waals surface area (Å²) in [6.07, 6.45) is 8.02. The van der Waals surface area contributed by atoms with Crippen LogP contribution >= 0.6 is 0 Å². The third-order valence-corrected chi connectivity index (χ3v) is 4.55. The fraction of sp³-hybridized carbons (Fsp3) is 0.474. The lowest BCUT2D eigenvalue weighted by Crippen LogP contribution is -2.25. The van der Waals surface area contributed by atoms with Crippen LogP contribution in [0.25, 0.3) is 0 Å². The average Bonchev–Trinajstić information content (AvgIpc) is 2.86. The van der Waals surface area contributed by atoms with E-state index in [4.69, 9.17) is 4.98 Å². The normalized spacial score (nSPS) is 15.3. The minimum atomic E-state index is 0.691. The fourth-order valence-electron chi connectivity index (χ4n) is 3.20. The Kier molecular flexibility index (Phi) is 5.11. The molecule has 0 radical (unpaired) electrons. The highest BCUT2D eigenvalue weighted by atomic mass is 15.2. The van der Waals surface area contributed by atoms with Crippen molar-refractivity contribution in [3.05, 3.63) is 41.6 Å². The van der Waals surface area contributed by atoms with E-state index in [2.05, 4.69) is 47.2 Å². The standard InChI is InChI=1S/C19H26N4/c1-3-16-10-8-9-15(2)18(16)22-19-20-12-11-17(21-19)23-13-6-4-5-7-14-23/h8-12H,3-7,13-14H2,1-2H3,(H,20,21,22). The van der Waals surface area contributed by atoms with E-state index < -0.39 is 0 Å². The molecular weight excluding hydrogens is 284 g/mol. The third-order valence-electron chi connectivity index (χ3n) is 4.55. The molecule has 0 unspecified atom stereocenters. The summed E-state index contributed by atoms with van der Waals surface area (Å²) >= 11 is 0. The minimum Gasteiger partial charge on any atom is -0.356 e. The van der Waals surface area contributed by atoms with Crippen molar-refractivity contribution in [3.63, 3.8) is 0 Å². The SMILES string of the molecule is CCc1cccc(C)c1Nc1nccc(N2CCCCCC2)n1. The highest BCUT2D eigenvalue weighted by Gasteiger charge is 2.12. The van der Waals surface area contributed by atoms with E-state index in [0.29, 0.717) is 5.95 Å². The van der Waals surface area contributed by atoms with Crippen LogP contribution in [-0.4, -0.2) is 23.1 Å². The van der Waals surface area contributed by atoms with Gasteiger partial charge in [-0.2, -0.15) is 4.98 Å². The number of hydrogen-bond donors (Lipinski definition) is 1. The van der Waals surface area contributed by atoms with Crippen LogP contribution in [0.4, 0.5) is 17.5 Å². The Hall–Kier alpha value is -2.10. The summed E-state index contributed by atoms with van der Waals surface area (Å²) in [5.74, 6) is 1.73. The number of aryl methyl sites for hydroxylation is 2. The van der Waals surface area contributed by atoms with Gasteiger partial charge in [0, 0.05) is 25.0 Å². The van der Waals surface area contributed by atoms with E-state index in [9.17, 15) is 0 Å². The molecule has 0 bridgehead atoms. The number of aromatic nitrogens is 2. The van der Waals surface area contributed by atoms with Gasteiger partial charge in [0.1, 0.15) is 5.82 Å². The maximum atomic E-state index is 4.75. The topological polar surface area (TPSA) is 41.1 Å². The molecule has 23 heavy (non-hydrogen) atoms. The second-order valence-corrected chi connectivity index (χ2v) is 6.23. The van der Waals surface area contributed by atoms with Gasteiger partial charge in [-0.25, -0.2) is 4.98 Å².